The normalized spacial score (nSPS) is 12.2. The van der Waals surface area contributed by atoms with Crippen molar-refractivity contribution in [3.8, 4) is 12.8 Å². The van der Waals surface area contributed by atoms with Crippen LogP contribution in [0.1, 0.15) is 115 Å². The number of rotatable bonds is 23. The summed E-state index contributed by atoms with van der Waals surface area (Å²) in [5, 5.41) is 14.5. The Morgan fingerprint density at radius 3 is 1.83 bits per heavy atom. The highest BCUT2D eigenvalue weighted by Crippen LogP contribution is 2.27. The van der Waals surface area contributed by atoms with Crippen LogP contribution >= 0.6 is 0 Å². The van der Waals surface area contributed by atoms with E-state index >= 15 is 0 Å². The van der Waals surface area contributed by atoms with Gasteiger partial charge in [0.2, 0.25) is 47.6 Å². The Morgan fingerprint density at radius 2 is 1.33 bits per heavy atom. The lowest BCUT2D eigenvalue weighted by Gasteiger charge is -2.29. The minimum absolute atomic E-state index is 0.0391. The molecule has 0 bridgehead atoms. The van der Waals surface area contributed by atoms with Crippen LogP contribution in [0.3, 0.4) is 0 Å². The largest absolute Gasteiger partial charge is 0.380 e. The maximum atomic E-state index is 12.5. The molecule has 78 heavy (non-hydrogen) atoms. The first kappa shape index (κ1) is 72.0. The first-order valence-electron chi connectivity index (χ1n) is 25.7. The van der Waals surface area contributed by atoms with Crippen molar-refractivity contribution in [2.75, 3.05) is 60.5 Å². The summed E-state index contributed by atoms with van der Waals surface area (Å²) in [4.78, 5) is 130. The summed E-state index contributed by atoms with van der Waals surface area (Å²) in [6.07, 6.45) is 18.7. The molecule has 1 unspecified atom stereocenters. The summed E-state index contributed by atoms with van der Waals surface area (Å²) in [5.74, 6) is -5.33. The van der Waals surface area contributed by atoms with Gasteiger partial charge in [-0.15, -0.1) is 12.8 Å². The zero-order valence-corrected chi connectivity index (χ0v) is 47.2. The predicted molar refractivity (Wildman–Crippen MR) is 298 cm³/mol. The highest BCUT2D eigenvalue weighted by Gasteiger charge is 2.32. The van der Waals surface area contributed by atoms with Crippen molar-refractivity contribution in [1.82, 2.24) is 51.7 Å². The highest BCUT2D eigenvalue weighted by molar-refractivity contribution is 6.37. The van der Waals surface area contributed by atoms with E-state index in [4.69, 9.17) is 10.5 Å². The second-order valence-corrected chi connectivity index (χ2v) is 18.3. The van der Waals surface area contributed by atoms with Gasteiger partial charge in [-0.2, -0.15) is 0 Å². The van der Waals surface area contributed by atoms with Gasteiger partial charge >= 0.3 is 0 Å². The van der Waals surface area contributed by atoms with E-state index in [9.17, 15) is 47.9 Å². The van der Waals surface area contributed by atoms with E-state index in [0.717, 1.165) is 38.0 Å². The second-order valence-electron chi connectivity index (χ2n) is 18.3. The number of Topliss-reactive ketones (excluding diaryl/α,β-unsaturated/α-hetero) is 1. The zero-order valence-electron chi connectivity index (χ0n) is 47.2. The number of ether oxygens (including phenoxy) is 1. The third-order valence-electron chi connectivity index (χ3n) is 10.3. The molecule has 3 aromatic rings. The Hall–Kier alpha value is -8.06. The van der Waals surface area contributed by atoms with Gasteiger partial charge in [0.05, 0.1) is 44.9 Å². The van der Waals surface area contributed by atoms with Gasteiger partial charge in [-0.25, -0.2) is 4.98 Å². The lowest BCUT2D eigenvalue weighted by atomic mass is 9.83. The number of nitrogens with zero attached hydrogens (tertiary/aromatic N) is 4. The molecule has 0 aliphatic heterocycles. The van der Waals surface area contributed by atoms with E-state index in [1.165, 1.54) is 40.4 Å². The fourth-order valence-electron chi connectivity index (χ4n) is 6.67. The molecule has 1 heterocycles. The third kappa shape index (κ3) is 33.1. The molecule has 1 aliphatic rings. The van der Waals surface area contributed by atoms with Gasteiger partial charge in [0.1, 0.15) is 17.8 Å². The van der Waals surface area contributed by atoms with E-state index in [1.54, 1.807) is 65.4 Å². The van der Waals surface area contributed by atoms with Gasteiger partial charge in [-0.3, -0.25) is 52.9 Å². The molecule has 1 fully saturated rings. The number of primary amides is 1. The maximum Gasteiger partial charge on any atom is 0.289 e. The highest BCUT2D eigenvalue weighted by atomic mass is 16.5. The molecular formula is C56H85N11O11. The number of nitrogens with two attached hydrogens (primary N) is 1. The fourth-order valence-corrected chi connectivity index (χ4v) is 6.67. The first-order valence-corrected chi connectivity index (χ1v) is 25.7. The van der Waals surface area contributed by atoms with Crippen LogP contribution in [0.5, 0.6) is 0 Å². The van der Waals surface area contributed by atoms with Crippen molar-refractivity contribution in [2.24, 2.45) is 23.5 Å². The molecule has 4 rings (SSSR count). The van der Waals surface area contributed by atoms with Crippen LogP contribution in [0.25, 0.3) is 0 Å². The van der Waals surface area contributed by atoms with Gasteiger partial charge in [0, 0.05) is 46.7 Å². The standard InChI is InChI=1S/C24H34N6O7.C15H21N5O3.C8H10O.C4H10.C3H8.C2H2/c1-5-30(20(34)13-25-15-31)14-16(2)22(35)26-11-18(32)23(36)27-12-19(33)28-21(24(37)29(3)4)17-9-7-6-8-10-17;16-12(21)9-19-15(23)13(10-4-2-1-3-5-10)20-14(22)11-8-17-6-7-18-11;1-9-7-8-5-3-2-4-6-8;1-4(2)3;1-3-2;1-2/h6-10,15-16,21H,5,11-14H2,1-4H3,(H,25,31)(H,26,35)(H,27,36)(H,28,33);6-8,10,13H,1-5,9H2,(H2,16,21)(H,19,23)(H,20,22);2-6H,7H2,1H3;4H,1-3H3;3H2,1-2H3;1-2H/t16-,21-;;;;;/m0...../s1. The second kappa shape index (κ2) is 44.1. The number of likely N-dealkylation sites (N-methyl/N-ethyl adjacent to an activating group) is 2. The van der Waals surface area contributed by atoms with Crippen molar-refractivity contribution in [1.29, 1.82) is 0 Å². The number of carbonyl (C=O) groups is 10. The van der Waals surface area contributed by atoms with Gasteiger partial charge in [0.15, 0.2) is 0 Å². The monoisotopic (exact) mass is 1090 g/mol. The zero-order chi connectivity index (χ0) is 59.4. The Bertz CT molecular complexity index is 2240. The number of hydrogen-bond donors (Lipinski definition) is 7. The first-order chi connectivity index (χ1) is 37.2. The molecule has 0 spiro atoms. The Morgan fingerprint density at radius 1 is 0.769 bits per heavy atom. The van der Waals surface area contributed by atoms with Crippen LogP contribution in [-0.2, 0) is 54.5 Å². The lowest BCUT2D eigenvalue weighted by molar-refractivity contribution is -0.139. The van der Waals surface area contributed by atoms with Crippen LogP contribution < -0.4 is 37.6 Å². The van der Waals surface area contributed by atoms with Gasteiger partial charge in [-0.05, 0) is 42.7 Å². The Balaban J connectivity index is 0. The van der Waals surface area contributed by atoms with E-state index in [2.05, 4.69) is 89.3 Å². The van der Waals surface area contributed by atoms with E-state index in [0.29, 0.717) is 25.1 Å². The Kier molecular flexibility index (Phi) is 40.7. The third-order valence-corrected chi connectivity index (χ3v) is 10.3. The molecule has 9 amide bonds. The topological polar surface area (TPSA) is 310 Å². The number of nitrogens with one attached hydrogen (secondary N) is 6. The summed E-state index contributed by atoms with van der Waals surface area (Å²) in [5.41, 5.74) is 6.98. The average Bonchev–Trinajstić information content (AvgIpc) is 3.44. The molecule has 0 radical (unpaired) electrons. The van der Waals surface area contributed by atoms with Gasteiger partial charge in [-0.1, -0.05) is 128 Å². The number of terminal acetylenes is 1. The number of ketones is 1. The number of amides is 9. The van der Waals surface area contributed by atoms with Crippen LogP contribution in [0, 0.1) is 30.6 Å². The number of benzene rings is 2. The summed E-state index contributed by atoms with van der Waals surface area (Å²) in [6, 6.07) is 17.0. The molecule has 1 aromatic heterocycles. The summed E-state index contributed by atoms with van der Waals surface area (Å²) in [6.45, 7) is 13.5. The molecule has 22 heteroatoms. The molecular weight excluding hydrogens is 1000 g/mol. The summed E-state index contributed by atoms with van der Waals surface area (Å²) >= 11 is 0. The van der Waals surface area contributed by atoms with E-state index < -0.39 is 72.3 Å². The van der Waals surface area contributed by atoms with Crippen LogP contribution in [0.4, 0.5) is 0 Å². The molecule has 2 aromatic carbocycles. The van der Waals surface area contributed by atoms with Crippen molar-refractivity contribution >= 4 is 59.5 Å². The molecule has 0 saturated heterocycles. The summed E-state index contributed by atoms with van der Waals surface area (Å²) < 4.78 is 4.93. The van der Waals surface area contributed by atoms with Crippen LogP contribution in [0.2, 0.25) is 0 Å². The van der Waals surface area contributed by atoms with Gasteiger partial charge in [0.25, 0.3) is 11.8 Å². The van der Waals surface area contributed by atoms with E-state index in [-0.39, 0.29) is 43.1 Å². The number of methoxy groups -OCH3 is 1. The van der Waals surface area contributed by atoms with Crippen molar-refractivity contribution in [3.63, 3.8) is 0 Å². The molecule has 22 nitrogen and oxygen atoms in total. The van der Waals surface area contributed by atoms with Crippen molar-refractivity contribution < 1.29 is 52.7 Å². The van der Waals surface area contributed by atoms with Crippen LogP contribution in [-0.4, -0.2) is 146 Å². The quantitative estimate of drug-likeness (QED) is 0.0409. The molecule has 1 saturated carbocycles. The number of hydrogen-bond acceptors (Lipinski definition) is 13. The minimum atomic E-state index is -1.08. The SMILES string of the molecule is C#C.CC(C)C.CCC.CCN(C[C@H](C)C(=O)NCC(=O)C(=O)NCC(=O)N[C@H](C(=O)N(C)C)c1ccccc1)C(=O)CNC=O.COCc1ccccc1.NC(=O)CNC(=O)C(NC(=O)c1cnccn1)C1CCCCC1. The molecule has 1 aliphatic carbocycles. The van der Waals surface area contributed by atoms with Crippen LogP contribution in [0.15, 0.2) is 79.3 Å². The lowest BCUT2D eigenvalue weighted by Crippen LogP contribution is -2.52. The van der Waals surface area contributed by atoms with Crippen molar-refractivity contribution in [3.05, 3.63) is 96.1 Å². The fraction of sp³-hybridized carbons (Fsp3) is 0.500. The van der Waals surface area contributed by atoms with Gasteiger partial charge < -0.3 is 52.2 Å². The molecule has 8 N–H and O–H groups in total. The number of aromatic nitrogens is 2. The smallest absolute Gasteiger partial charge is 0.289 e. The molecule has 3 atom stereocenters. The maximum absolute atomic E-state index is 12.5. The summed E-state index contributed by atoms with van der Waals surface area (Å²) in [7, 11) is 4.79. The Labute approximate surface area is 460 Å². The predicted octanol–water partition coefficient (Wildman–Crippen LogP) is 2.88. The minimum Gasteiger partial charge on any atom is -0.380 e. The number of carbonyl (C=O) groups excluding carboxylic acids is 10. The average molecular weight is 1090 g/mol. The van der Waals surface area contributed by atoms with E-state index in [1.807, 2.05) is 30.3 Å². The molecule has 430 valence electrons. The van der Waals surface area contributed by atoms with Crippen molar-refractivity contribution in [2.45, 2.75) is 106 Å².